The molecule has 2 aromatic carbocycles. The lowest BCUT2D eigenvalue weighted by atomic mass is 10.1. The van der Waals surface area contributed by atoms with Crippen LogP contribution in [0.2, 0.25) is 0 Å². The molecule has 7 nitrogen and oxygen atoms in total. The molecule has 1 aliphatic rings. The second kappa shape index (κ2) is 7.04. The summed E-state index contributed by atoms with van der Waals surface area (Å²) < 4.78 is 10.0. The third-order valence-corrected chi connectivity index (χ3v) is 3.68. The van der Waals surface area contributed by atoms with Gasteiger partial charge in [0, 0.05) is 11.3 Å². The van der Waals surface area contributed by atoms with E-state index in [0.29, 0.717) is 17.0 Å². The van der Waals surface area contributed by atoms with Gasteiger partial charge in [-0.15, -0.1) is 0 Å². The maximum Gasteiger partial charge on any atom is 0.415 e. The number of cyclic esters (lactones) is 1. The van der Waals surface area contributed by atoms with Crippen molar-refractivity contribution in [3.63, 3.8) is 0 Å². The Labute approximate surface area is 143 Å². The number of imide groups is 1. The van der Waals surface area contributed by atoms with E-state index in [2.05, 4.69) is 10.6 Å². The molecule has 0 radical (unpaired) electrons. The van der Waals surface area contributed by atoms with Crippen LogP contribution in [0, 0.1) is 0 Å². The lowest BCUT2D eigenvalue weighted by Crippen LogP contribution is -2.20. The summed E-state index contributed by atoms with van der Waals surface area (Å²) in [5, 5.41) is 4.85. The van der Waals surface area contributed by atoms with E-state index in [4.69, 9.17) is 9.47 Å². The van der Waals surface area contributed by atoms with Crippen LogP contribution in [0.25, 0.3) is 0 Å². The molecule has 3 rings (SSSR count). The van der Waals surface area contributed by atoms with E-state index in [9.17, 15) is 14.4 Å². The molecule has 1 heterocycles. The van der Waals surface area contributed by atoms with E-state index >= 15 is 0 Å². The fourth-order valence-electron chi connectivity index (χ4n) is 2.49. The molecule has 1 unspecified atom stereocenters. The minimum atomic E-state index is -0.950. The van der Waals surface area contributed by atoms with Gasteiger partial charge in [0.15, 0.2) is 0 Å². The highest BCUT2D eigenvalue weighted by Crippen LogP contribution is 2.23. The normalized spacial score (nSPS) is 16.1. The molecule has 1 atom stereocenters. The Hall–Kier alpha value is -3.35. The number of alkyl carbamates (subject to hydrolysis) is 1. The molecule has 3 amide bonds. The van der Waals surface area contributed by atoms with Crippen molar-refractivity contribution >= 4 is 23.6 Å². The Morgan fingerprint density at radius 3 is 2.60 bits per heavy atom. The van der Waals surface area contributed by atoms with Crippen LogP contribution in [-0.2, 0) is 20.7 Å². The zero-order valence-electron chi connectivity index (χ0n) is 13.4. The summed E-state index contributed by atoms with van der Waals surface area (Å²) in [6, 6.07) is 13.8. The maximum absolute atomic E-state index is 12.1. The van der Waals surface area contributed by atoms with Crippen LogP contribution in [-0.4, -0.2) is 25.0 Å². The second-order valence-electron chi connectivity index (χ2n) is 5.47. The Kier molecular flexibility index (Phi) is 4.65. The molecule has 7 heteroatoms. The highest BCUT2D eigenvalue weighted by Gasteiger charge is 2.33. The van der Waals surface area contributed by atoms with Gasteiger partial charge in [-0.3, -0.25) is 14.9 Å². The monoisotopic (exact) mass is 340 g/mol. The zero-order valence-corrected chi connectivity index (χ0v) is 13.4. The molecular formula is C18H16N2O5. The average Bonchev–Trinajstić information content (AvgIpc) is 2.94. The first kappa shape index (κ1) is 16.5. The van der Waals surface area contributed by atoms with Gasteiger partial charge in [0.2, 0.25) is 12.0 Å². The van der Waals surface area contributed by atoms with E-state index < -0.39 is 18.1 Å². The average molecular weight is 340 g/mol. The molecule has 128 valence electrons. The summed E-state index contributed by atoms with van der Waals surface area (Å²) >= 11 is 0. The van der Waals surface area contributed by atoms with Gasteiger partial charge < -0.3 is 14.8 Å². The molecule has 2 aromatic rings. The highest BCUT2D eigenvalue weighted by molar-refractivity contribution is 6.00. The lowest BCUT2D eigenvalue weighted by molar-refractivity contribution is -0.123. The molecule has 1 saturated heterocycles. The first-order chi connectivity index (χ1) is 12.0. The summed E-state index contributed by atoms with van der Waals surface area (Å²) in [5.41, 5.74) is 1.96. The van der Waals surface area contributed by atoms with Crippen LogP contribution in [0.5, 0.6) is 5.75 Å². The van der Waals surface area contributed by atoms with Crippen molar-refractivity contribution in [1.82, 2.24) is 5.32 Å². The number of methoxy groups -OCH3 is 1. The van der Waals surface area contributed by atoms with Gasteiger partial charge in [-0.1, -0.05) is 24.3 Å². The van der Waals surface area contributed by atoms with Crippen molar-refractivity contribution in [3.05, 3.63) is 59.7 Å². The molecular weight excluding hydrogens is 324 g/mol. The van der Waals surface area contributed by atoms with Crippen LogP contribution in [0.4, 0.5) is 10.5 Å². The van der Waals surface area contributed by atoms with Crippen molar-refractivity contribution in [3.8, 4) is 5.75 Å². The number of hydrogen-bond donors (Lipinski definition) is 2. The van der Waals surface area contributed by atoms with Gasteiger partial charge in [0.1, 0.15) is 5.75 Å². The number of anilines is 1. The molecule has 0 saturated carbocycles. The quantitative estimate of drug-likeness (QED) is 0.870. The van der Waals surface area contributed by atoms with Gasteiger partial charge in [-0.2, -0.15) is 0 Å². The summed E-state index contributed by atoms with van der Waals surface area (Å²) in [5.74, 6) is 0.0184. The minimum absolute atomic E-state index is 0.175. The fraction of sp³-hybridized carbons (Fsp3) is 0.167. The van der Waals surface area contributed by atoms with E-state index in [1.807, 2.05) is 18.2 Å². The van der Waals surface area contributed by atoms with E-state index in [1.165, 1.54) is 0 Å². The number of carbonyl (C=O) groups is 3. The molecule has 0 bridgehead atoms. The van der Waals surface area contributed by atoms with E-state index in [-0.39, 0.29) is 12.3 Å². The van der Waals surface area contributed by atoms with Crippen molar-refractivity contribution in [2.24, 2.45) is 0 Å². The number of ether oxygens (including phenoxy) is 2. The first-order valence-electron chi connectivity index (χ1n) is 7.59. The van der Waals surface area contributed by atoms with E-state index in [0.717, 1.165) is 5.56 Å². The van der Waals surface area contributed by atoms with Gasteiger partial charge in [0.05, 0.1) is 13.5 Å². The molecule has 1 aliphatic heterocycles. The van der Waals surface area contributed by atoms with Crippen LogP contribution in [0.3, 0.4) is 0 Å². The van der Waals surface area contributed by atoms with Crippen LogP contribution < -0.4 is 15.4 Å². The predicted molar refractivity (Wildman–Crippen MR) is 89.1 cm³/mol. The number of rotatable bonds is 5. The SMILES string of the molecule is COc1cccc(CC(=O)Nc2ccc(C3OC(=O)NC3=O)cc2)c1. The van der Waals surface area contributed by atoms with E-state index in [1.54, 1.807) is 37.4 Å². The number of benzene rings is 2. The van der Waals surface area contributed by atoms with Crippen molar-refractivity contribution < 1.29 is 23.9 Å². The molecule has 2 N–H and O–H groups in total. The zero-order chi connectivity index (χ0) is 17.8. The molecule has 0 aliphatic carbocycles. The number of carbonyl (C=O) groups excluding carboxylic acids is 3. The second-order valence-corrected chi connectivity index (χ2v) is 5.47. The molecule has 0 spiro atoms. The van der Waals surface area contributed by atoms with Gasteiger partial charge in [0.25, 0.3) is 5.91 Å². The predicted octanol–water partition coefficient (Wildman–Crippen LogP) is 2.18. The Morgan fingerprint density at radius 2 is 1.96 bits per heavy atom. The summed E-state index contributed by atoms with van der Waals surface area (Å²) in [4.78, 5) is 34.7. The largest absolute Gasteiger partial charge is 0.497 e. The van der Waals surface area contributed by atoms with Gasteiger partial charge in [-0.25, -0.2) is 4.79 Å². The first-order valence-corrected chi connectivity index (χ1v) is 7.59. The van der Waals surface area contributed by atoms with Gasteiger partial charge in [-0.05, 0) is 29.8 Å². The van der Waals surface area contributed by atoms with Crippen molar-refractivity contribution in [2.45, 2.75) is 12.5 Å². The van der Waals surface area contributed by atoms with Crippen LogP contribution in [0.1, 0.15) is 17.2 Å². The van der Waals surface area contributed by atoms with Gasteiger partial charge >= 0.3 is 6.09 Å². The Bertz CT molecular complexity index is 816. The van der Waals surface area contributed by atoms with Crippen LogP contribution in [0.15, 0.2) is 48.5 Å². The molecule has 0 aromatic heterocycles. The Balaban J connectivity index is 1.62. The summed E-state index contributed by atoms with van der Waals surface area (Å²) in [6.07, 6.45) is -1.50. The number of amides is 3. The van der Waals surface area contributed by atoms with Crippen molar-refractivity contribution in [1.29, 1.82) is 0 Å². The lowest BCUT2D eigenvalue weighted by Gasteiger charge is -2.09. The molecule has 1 fully saturated rings. The third-order valence-electron chi connectivity index (χ3n) is 3.68. The standard InChI is InChI=1S/C18H16N2O5/c1-24-14-4-2-3-11(9-14)10-15(21)19-13-7-5-12(6-8-13)16-17(22)20-18(23)25-16/h2-9,16H,10H2,1H3,(H,19,21)(H,20,22,23). The number of hydrogen-bond acceptors (Lipinski definition) is 5. The third kappa shape index (κ3) is 3.95. The number of nitrogens with one attached hydrogen (secondary N) is 2. The minimum Gasteiger partial charge on any atom is -0.497 e. The maximum atomic E-state index is 12.1. The molecule has 25 heavy (non-hydrogen) atoms. The fourth-order valence-corrected chi connectivity index (χ4v) is 2.49. The van der Waals surface area contributed by atoms with Crippen LogP contribution >= 0.6 is 0 Å². The Morgan fingerprint density at radius 1 is 1.20 bits per heavy atom. The van der Waals surface area contributed by atoms with Crippen molar-refractivity contribution in [2.75, 3.05) is 12.4 Å². The smallest absolute Gasteiger partial charge is 0.415 e. The summed E-state index contributed by atoms with van der Waals surface area (Å²) in [7, 11) is 1.57. The summed E-state index contributed by atoms with van der Waals surface area (Å²) in [6.45, 7) is 0. The highest BCUT2D eigenvalue weighted by atomic mass is 16.6. The topological polar surface area (TPSA) is 93.7 Å².